The maximum Gasteiger partial charge on any atom is 0.234 e. The number of hydrogen-bond donors (Lipinski definition) is 2. The average Bonchev–Trinajstić information content (AvgIpc) is 2.56. The van der Waals surface area contributed by atoms with Crippen molar-refractivity contribution < 1.29 is 9.59 Å². The van der Waals surface area contributed by atoms with Gasteiger partial charge in [-0.1, -0.05) is 37.3 Å². The van der Waals surface area contributed by atoms with E-state index in [1.54, 1.807) is 0 Å². The molecule has 0 bridgehead atoms. The molecule has 0 saturated carbocycles. The molecule has 0 spiro atoms. The van der Waals surface area contributed by atoms with E-state index in [2.05, 4.69) is 17.6 Å². The van der Waals surface area contributed by atoms with Crippen LogP contribution < -0.4 is 10.6 Å². The fraction of sp³-hybridized carbons (Fsp3) is 0.222. The first kappa shape index (κ1) is 17.1. The third-order valence-corrected chi connectivity index (χ3v) is 4.10. The zero-order valence-electron chi connectivity index (χ0n) is 13.0. The van der Waals surface area contributed by atoms with Gasteiger partial charge in [0.1, 0.15) is 0 Å². The summed E-state index contributed by atoms with van der Waals surface area (Å²) in [4.78, 5) is 23.6. The second-order valence-electron chi connectivity index (χ2n) is 5.01. The SMILES string of the molecule is CCc1ccc(NC(=O)CSCC(=O)Nc2ccccc2)cc1. The molecule has 5 heteroatoms. The van der Waals surface area contributed by atoms with Crippen LogP contribution in [0.1, 0.15) is 12.5 Å². The van der Waals surface area contributed by atoms with E-state index in [1.165, 1.54) is 17.3 Å². The van der Waals surface area contributed by atoms with Gasteiger partial charge in [0.05, 0.1) is 11.5 Å². The molecule has 0 aliphatic heterocycles. The van der Waals surface area contributed by atoms with Crippen molar-refractivity contribution in [2.24, 2.45) is 0 Å². The van der Waals surface area contributed by atoms with Crippen LogP contribution in [0.5, 0.6) is 0 Å². The van der Waals surface area contributed by atoms with E-state index in [4.69, 9.17) is 0 Å². The quantitative estimate of drug-likeness (QED) is 0.817. The van der Waals surface area contributed by atoms with Crippen LogP contribution in [-0.2, 0) is 16.0 Å². The molecule has 0 unspecified atom stereocenters. The molecule has 0 radical (unpaired) electrons. The van der Waals surface area contributed by atoms with Gasteiger partial charge in [-0.15, -0.1) is 11.8 Å². The highest BCUT2D eigenvalue weighted by Gasteiger charge is 2.06. The molecule has 23 heavy (non-hydrogen) atoms. The summed E-state index contributed by atoms with van der Waals surface area (Å²) in [6.07, 6.45) is 0.973. The zero-order chi connectivity index (χ0) is 16.5. The molecule has 0 aromatic heterocycles. The Bertz CT molecular complexity index is 642. The van der Waals surface area contributed by atoms with Gasteiger partial charge < -0.3 is 10.6 Å². The van der Waals surface area contributed by atoms with Gasteiger partial charge >= 0.3 is 0 Å². The summed E-state index contributed by atoms with van der Waals surface area (Å²) >= 11 is 1.29. The highest BCUT2D eigenvalue weighted by atomic mass is 32.2. The van der Waals surface area contributed by atoms with Gasteiger partial charge in [-0.25, -0.2) is 0 Å². The lowest BCUT2D eigenvalue weighted by atomic mass is 10.1. The van der Waals surface area contributed by atoms with Crippen molar-refractivity contribution in [3.05, 3.63) is 60.2 Å². The maximum atomic E-state index is 11.8. The monoisotopic (exact) mass is 328 g/mol. The topological polar surface area (TPSA) is 58.2 Å². The molecule has 2 N–H and O–H groups in total. The molecule has 2 rings (SSSR count). The number of amides is 2. The Morgan fingerprint density at radius 2 is 1.35 bits per heavy atom. The van der Waals surface area contributed by atoms with Gasteiger partial charge in [-0.3, -0.25) is 9.59 Å². The van der Waals surface area contributed by atoms with Crippen molar-refractivity contribution in [1.29, 1.82) is 0 Å². The molecule has 2 amide bonds. The molecule has 120 valence electrons. The van der Waals surface area contributed by atoms with Gasteiger partial charge in [-0.05, 0) is 36.2 Å². The predicted octanol–water partition coefficient (Wildman–Crippen LogP) is 3.56. The number of benzene rings is 2. The minimum absolute atomic E-state index is 0.105. The van der Waals surface area contributed by atoms with Crippen molar-refractivity contribution in [2.45, 2.75) is 13.3 Å². The number of nitrogens with one attached hydrogen (secondary N) is 2. The Kier molecular flexibility index (Phi) is 6.69. The largest absolute Gasteiger partial charge is 0.325 e. The summed E-state index contributed by atoms with van der Waals surface area (Å²) in [7, 11) is 0. The smallest absolute Gasteiger partial charge is 0.234 e. The number of thioether (sulfide) groups is 1. The van der Waals surface area contributed by atoms with Crippen LogP contribution in [0.3, 0.4) is 0 Å². The molecule has 0 saturated heterocycles. The molecule has 4 nitrogen and oxygen atoms in total. The summed E-state index contributed by atoms with van der Waals surface area (Å²) in [5.41, 5.74) is 2.77. The van der Waals surface area contributed by atoms with E-state index in [-0.39, 0.29) is 23.3 Å². The van der Waals surface area contributed by atoms with Crippen LogP contribution in [0.2, 0.25) is 0 Å². The number of hydrogen-bond acceptors (Lipinski definition) is 3. The molecule has 0 aliphatic carbocycles. The zero-order valence-corrected chi connectivity index (χ0v) is 13.9. The minimum Gasteiger partial charge on any atom is -0.325 e. The van der Waals surface area contributed by atoms with Crippen LogP contribution in [-0.4, -0.2) is 23.3 Å². The van der Waals surface area contributed by atoms with Gasteiger partial charge in [-0.2, -0.15) is 0 Å². The Balaban J connectivity index is 1.68. The fourth-order valence-electron chi connectivity index (χ4n) is 1.98. The van der Waals surface area contributed by atoms with E-state index < -0.39 is 0 Å². The minimum atomic E-state index is -0.110. The van der Waals surface area contributed by atoms with Crippen LogP contribution in [0.15, 0.2) is 54.6 Å². The molecular formula is C18H20N2O2S. The normalized spacial score (nSPS) is 10.1. The fourth-order valence-corrected chi connectivity index (χ4v) is 2.59. The van der Waals surface area contributed by atoms with Gasteiger partial charge in [0.25, 0.3) is 0 Å². The van der Waals surface area contributed by atoms with E-state index in [0.717, 1.165) is 17.8 Å². The Morgan fingerprint density at radius 3 is 1.87 bits per heavy atom. The highest BCUT2D eigenvalue weighted by molar-refractivity contribution is 8.00. The van der Waals surface area contributed by atoms with Crippen molar-refractivity contribution in [3.63, 3.8) is 0 Å². The van der Waals surface area contributed by atoms with Gasteiger partial charge in [0.2, 0.25) is 11.8 Å². The Morgan fingerprint density at radius 1 is 0.826 bits per heavy atom. The lowest BCUT2D eigenvalue weighted by Crippen LogP contribution is -2.18. The number of anilines is 2. The van der Waals surface area contributed by atoms with Crippen molar-refractivity contribution in [3.8, 4) is 0 Å². The summed E-state index contributed by atoms with van der Waals surface area (Å²) in [6.45, 7) is 2.09. The van der Waals surface area contributed by atoms with Crippen molar-refractivity contribution in [2.75, 3.05) is 22.1 Å². The predicted molar refractivity (Wildman–Crippen MR) is 96.8 cm³/mol. The average molecular weight is 328 g/mol. The number of carbonyl (C=O) groups excluding carboxylic acids is 2. The van der Waals surface area contributed by atoms with E-state index in [9.17, 15) is 9.59 Å². The molecule has 0 heterocycles. The number of rotatable bonds is 7. The van der Waals surface area contributed by atoms with Crippen LogP contribution in [0.4, 0.5) is 11.4 Å². The van der Waals surface area contributed by atoms with Crippen molar-refractivity contribution >= 4 is 35.0 Å². The molecule has 0 aliphatic rings. The lowest BCUT2D eigenvalue weighted by molar-refractivity contribution is -0.114. The second-order valence-corrected chi connectivity index (χ2v) is 5.99. The first-order chi connectivity index (χ1) is 11.2. The lowest BCUT2D eigenvalue weighted by Gasteiger charge is -2.07. The van der Waals surface area contributed by atoms with Crippen LogP contribution >= 0.6 is 11.8 Å². The summed E-state index contributed by atoms with van der Waals surface area (Å²) < 4.78 is 0. The first-order valence-electron chi connectivity index (χ1n) is 7.49. The standard InChI is InChI=1S/C18H20N2O2S/c1-2-14-8-10-16(11-9-14)20-18(22)13-23-12-17(21)19-15-6-4-3-5-7-15/h3-11H,2,12-13H2,1H3,(H,19,21)(H,20,22). The maximum absolute atomic E-state index is 11.8. The number of aryl methyl sites for hydroxylation is 1. The number of para-hydroxylation sites is 1. The van der Waals surface area contributed by atoms with E-state index >= 15 is 0 Å². The summed E-state index contributed by atoms with van der Waals surface area (Å²) in [5.74, 6) is 0.280. The molecule has 0 fully saturated rings. The third kappa shape index (κ3) is 6.16. The van der Waals surface area contributed by atoms with Crippen LogP contribution in [0.25, 0.3) is 0 Å². The van der Waals surface area contributed by atoms with Crippen LogP contribution in [0, 0.1) is 0 Å². The first-order valence-corrected chi connectivity index (χ1v) is 8.64. The Labute approximate surface area is 140 Å². The highest BCUT2D eigenvalue weighted by Crippen LogP contribution is 2.11. The molecule has 0 atom stereocenters. The Hall–Kier alpha value is -2.27. The molecule has 2 aromatic rings. The van der Waals surface area contributed by atoms with Gasteiger partial charge in [0, 0.05) is 11.4 Å². The summed E-state index contributed by atoms with van der Waals surface area (Å²) in [6, 6.07) is 17.0. The van der Waals surface area contributed by atoms with Crippen molar-refractivity contribution in [1.82, 2.24) is 0 Å². The molecule has 2 aromatic carbocycles. The third-order valence-electron chi connectivity index (χ3n) is 3.17. The number of carbonyl (C=O) groups is 2. The molecular weight excluding hydrogens is 308 g/mol. The van der Waals surface area contributed by atoms with Gasteiger partial charge in [0.15, 0.2) is 0 Å². The van der Waals surface area contributed by atoms with E-state index in [0.29, 0.717) is 0 Å². The summed E-state index contributed by atoms with van der Waals surface area (Å²) in [5, 5.41) is 5.61. The van der Waals surface area contributed by atoms with E-state index in [1.807, 2.05) is 54.6 Å². The second kappa shape index (κ2) is 9.00.